The molecule has 1 atom stereocenters. The number of sulfonamides is 1. The van der Waals surface area contributed by atoms with Crippen molar-refractivity contribution in [3.8, 4) is 0 Å². The summed E-state index contributed by atoms with van der Waals surface area (Å²) in [5.41, 5.74) is -1.92. The maximum Gasteiger partial charge on any atom is 0.416 e. The van der Waals surface area contributed by atoms with Crippen LogP contribution in [0.4, 0.5) is 26.3 Å². The van der Waals surface area contributed by atoms with Crippen molar-refractivity contribution in [2.75, 3.05) is 0 Å². The highest BCUT2D eigenvalue weighted by molar-refractivity contribution is 9.10. The van der Waals surface area contributed by atoms with E-state index in [0.717, 1.165) is 46.9 Å². The zero-order valence-electron chi connectivity index (χ0n) is 15.2. The average molecular weight is 528 g/mol. The smallest absolute Gasteiger partial charge is 0.295 e. The van der Waals surface area contributed by atoms with Crippen LogP contribution in [0, 0.1) is 0 Å². The summed E-state index contributed by atoms with van der Waals surface area (Å²) in [5.74, 6) is -0.462. The monoisotopic (exact) mass is 527 g/mol. The summed E-state index contributed by atoms with van der Waals surface area (Å²) in [5, 5.41) is 0. The van der Waals surface area contributed by atoms with Crippen LogP contribution < -0.4 is 0 Å². The van der Waals surface area contributed by atoms with Gasteiger partial charge in [-0.3, -0.25) is 9.10 Å². The Labute approximate surface area is 181 Å². The quantitative estimate of drug-likeness (QED) is 0.481. The number of alkyl halides is 6. The first-order chi connectivity index (χ1) is 14.2. The Hall–Kier alpha value is -2.34. The second-order valence-electron chi connectivity index (χ2n) is 6.59. The molecular formula is C19H12BrF6NO3S. The summed E-state index contributed by atoms with van der Waals surface area (Å²) >= 11 is 3.00. The predicted molar refractivity (Wildman–Crippen MR) is 101 cm³/mol. The molecule has 0 fully saturated rings. The number of benzene rings is 2. The fourth-order valence-corrected chi connectivity index (χ4v) is 5.13. The van der Waals surface area contributed by atoms with Crippen LogP contribution in [0.3, 0.4) is 0 Å². The lowest BCUT2D eigenvalue weighted by Gasteiger charge is -2.33. The summed E-state index contributed by atoms with van der Waals surface area (Å²) < 4.78 is 104. The number of rotatable bonds is 3. The van der Waals surface area contributed by atoms with Crippen molar-refractivity contribution >= 4 is 31.7 Å². The minimum atomic E-state index is -4.66. The second kappa shape index (κ2) is 7.97. The molecule has 0 bridgehead atoms. The lowest BCUT2D eigenvalue weighted by atomic mass is 9.98. The largest absolute Gasteiger partial charge is 0.416 e. The van der Waals surface area contributed by atoms with Gasteiger partial charge in [-0.2, -0.15) is 26.3 Å². The van der Waals surface area contributed by atoms with Crippen molar-refractivity contribution in [3.63, 3.8) is 0 Å². The van der Waals surface area contributed by atoms with E-state index < -0.39 is 50.2 Å². The maximum absolute atomic E-state index is 13.1. The van der Waals surface area contributed by atoms with E-state index in [4.69, 9.17) is 0 Å². The molecule has 0 saturated carbocycles. The van der Waals surface area contributed by atoms with Crippen molar-refractivity contribution < 1.29 is 39.6 Å². The van der Waals surface area contributed by atoms with Gasteiger partial charge in [0.15, 0.2) is 5.78 Å². The molecule has 0 amide bonds. The highest BCUT2D eigenvalue weighted by Crippen LogP contribution is 2.40. The molecule has 4 nitrogen and oxygen atoms in total. The molecule has 0 spiro atoms. The van der Waals surface area contributed by atoms with Crippen molar-refractivity contribution in [1.82, 2.24) is 4.31 Å². The van der Waals surface area contributed by atoms with E-state index >= 15 is 0 Å². The number of ketones is 1. The molecule has 1 unspecified atom stereocenters. The molecule has 0 saturated heterocycles. The number of halogens is 7. The standard InChI is InChI=1S/C19H12BrF6NO3S/c20-16-9-12(19(24,25)26)3-6-15(16)17-10-13(28)7-8-27(17)31(29,30)14-4-1-11(2-5-14)18(21,22)23/h1-9,17H,10H2. The normalized spacial score (nSPS) is 17.8. The van der Waals surface area contributed by atoms with Crippen LogP contribution in [0.15, 0.2) is 64.1 Å². The minimum absolute atomic E-state index is 0.0666. The molecule has 31 heavy (non-hydrogen) atoms. The average Bonchev–Trinajstić information content (AvgIpc) is 2.66. The van der Waals surface area contributed by atoms with Gasteiger partial charge in [0.05, 0.1) is 22.1 Å². The molecule has 1 heterocycles. The van der Waals surface area contributed by atoms with Crippen LogP contribution in [-0.4, -0.2) is 18.5 Å². The summed E-state index contributed by atoms with van der Waals surface area (Å²) in [6.45, 7) is 0. The van der Waals surface area contributed by atoms with E-state index in [9.17, 15) is 39.6 Å². The van der Waals surface area contributed by atoms with Gasteiger partial charge in [0.1, 0.15) is 0 Å². The molecular weight excluding hydrogens is 516 g/mol. The topological polar surface area (TPSA) is 54.5 Å². The van der Waals surface area contributed by atoms with E-state index in [1.165, 1.54) is 0 Å². The fraction of sp³-hybridized carbons (Fsp3) is 0.211. The molecule has 12 heteroatoms. The number of nitrogens with zero attached hydrogens (tertiary/aromatic N) is 1. The SMILES string of the molecule is O=C1C=CN(S(=O)(=O)c2ccc(C(F)(F)F)cc2)C(c2ccc(C(F)(F)F)cc2Br)C1. The van der Waals surface area contributed by atoms with E-state index in [-0.39, 0.29) is 16.5 Å². The van der Waals surface area contributed by atoms with E-state index in [1.807, 2.05) is 0 Å². The van der Waals surface area contributed by atoms with Gasteiger partial charge in [-0.15, -0.1) is 0 Å². The summed E-state index contributed by atoms with van der Waals surface area (Å²) in [6, 6.07) is 4.15. The Morgan fingerprint density at radius 2 is 1.45 bits per heavy atom. The molecule has 2 aromatic carbocycles. The number of carbonyl (C=O) groups excluding carboxylic acids is 1. The molecule has 1 aliphatic heterocycles. The van der Waals surface area contributed by atoms with Crippen molar-refractivity contribution in [1.29, 1.82) is 0 Å². The van der Waals surface area contributed by atoms with Gasteiger partial charge >= 0.3 is 12.4 Å². The Kier molecular flexibility index (Phi) is 6.00. The molecule has 0 radical (unpaired) electrons. The van der Waals surface area contributed by atoms with Crippen molar-refractivity contribution in [3.05, 3.63) is 75.9 Å². The summed E-state index contributed by atoms with van der Waals surface area (Å²) in [4.78, 5) is 11.5. The molecule has 0 aromatic heterocycles. The van der Waals surface area contributed by atoms with Gasteiger partial charge in [-0.25, -0.2) is 8.42 Å². The zero-order valence-corrected chi connectivity index (χ0v) is 17.6. The Morgan fingerprint density at radius 3 is 1.97 bits per heavy atom. The number of allylic oxidation sites excluding steroid dienone is 1. The van der Waals surface area contributed by atoms with Gasteiger partial charge < -0.3 is 0 Å². The molecule has 0 N–H and O–H groups in total. The van der Waals surface area contributed by atoms with Crippen molar-refractivity contribution in [2.24, 2.45) is 0 Å². The van der Waals surface area contributed by atoms with Gasteiger partial charge in [0.25, 0.3) is 10.0 Å². The Balaban J connectivity index is 2.04. The fourth-order valence-electron chi connectivity index (χ4n) is 3.02. The van der Waals surface area contributed by atoms with Crippen LogP contribution in [0.25, 0.3) is 0 Å². The van der Waals surface area contributed by atoms with Crippen LogP contribution in [-0.2, 0) is 27.2 Å². The predicted octanol–water partition coefficient (Wildman–Crippen LogP) is 5.71. The molecule has 2 aromatic rings. The van der Waals surface area contributed by atoms with Gasteiger partial charge in [-0.1, -0.05) is 22.0 Å². The Morgan fingerprint density at radius 1 is 0.903 bits per heavy atom. The molecule has 166 valence electrons. The zero-order chi connectivity index (χ0) is 23.2. The number of carbonyl (C=O) groups is 1. The third-order valence-electron chi connectivity index (χ3n) is 4.55. The molecule has 1 aliphatic rings. The highest BCUT2D eigenvalue weighted by atomic mass is 79.9. The molecule has 0 aliphatic carbocycles. The lowest BCUT2D eigenvalue weighted by Crippen LogP contribution is -2.34. The van der Waals surface area contributed by atoms with Gasteiger partial charge in [0, 0.05) is 17.1 Å². The van der Waals surface area contributed by atoms with Gasteiger partial charge in [-0.05, 0) is 48.0 Å². The van der Waals surface area contributed by atoms with E-state index in [0.29, 0.717) is 12.1 Å². The first kappa shape index (κ1) is 23.3. The van der Waals surface area contributed by atoms with E-state index in [1.54, 1.807) is 0 Å². The number of hydrogen-bond acceptors (Lipinski definition) is 3. The molecule has 3 rings (SSSR count). The first-order valence-corrected chi connectivity index (χ1v) is 10.7. The van der Waals surface area contributed by atoms with E-state index in [2.05, 4.69) is 15.9 Å². The van der Waals surface area contributed by atoms with Crippen LogP contribution in [0.1, 0.15) is 29.2 Å². The highest BCUT2D eigenvalue weighted by Gasteiger charge is 2.37. The van der Waals surface area contributed by atoms with Crippen LogP contribution in [0.5, 0.6) is 0 Å². The maximum atomic E-state index is 13.1. The van der Waals surface area contributed by atoms with Crippen molar-refractivity contribution in [2.45, 2.75) is 29.7 Å². The van der Waals surface area contributed by atoms with Gasteiger partial charge in [0.2, 0.25) is 0 Å². The summed E-state index contributed by atoms with van der Waals surface area (Å²) in [6.07, 6.45) is -7.72. The Bertz CT molecular complexity index is 1140. The third-order valence-corrected chi connectivity index (χ3v) is 7.04. The second-order valence-corrected chi connectivity index (χ2v) is 9.29. The summed E-state index contributed by atoms with van der Waals surface area (Å²) in [7, 11) is -4.42. The van der Waals surface area contributed by atoms with Crippen LogP contribution in [0.2, 0.25) is 0 Å². The minimum Gasteiger partial charge on any atom is -0.295 e. The third kappa shape index (κ3) is 4.79. The lowest BCUT2D eigenvalue weighted by molar-refractivity contribution is -0.138. The first-order valence-electron chi connectivity index (χ1n) is 8.50. The number of hydrogen-bond donors (Lipinski definition) is 0. The van der Waals surface area contributed by atoms with Crippen LogP contribution >= 0.6 is 15.9 Å².